The van der Waals surface area contributed by atoms with Crippen molar-refractivity contribution in [3.63, 3.8) is 0 Å². The predicted octanol–water partition coefficient (Wildman–Crippen LogP) is 2.89. The van der Waals surface area contributed by atoms with Crippen LogP contribution in [0.2, 0.25) is 0 Å². The summed E-state index contributed by atoms with van der Waals surface area (Å²) in [5.41, 5.74) is 2.06. The van der Waals surface area contributed by atoms with E-state index in [1.165, 1.54) is 0 Å². The maximum Gasteiger partial charge on any atom is 0.152 e. The van der Waals surface area contributed by atoms with Gasteiger partial charge in [-0.3, -0.25) is 0 Å². The molecule has 2 aromatic heterocycles. The Hall–Kier alpha value is -1.29. The number of aromatic nitrogens is 3. The number of anilines is 1. The zero-order valence-corrected chi connectivity index (χ0v) is 11.1. The number of hydrogen-bond donors (Lipinski definition) is 1. The Morgan fingerprint density at radius 2 is 2.18 bits per heavy atom. The molecule has 0 radical (unpaired) electrons. The lowest BCUT2D eigenvalue weighted by Crippen LogP contribution is -2.12. The Labute approximate surface area is 106 Å². The third-order valence-electron chi connectivity index (χ3n) is 2.55. The molecule has 5 heteroatoms. The van der Waals surface area contributed by atoms with E-state index in [1.807, 2.05) is 17.6 Å². The summed E-state index contributed by atoms with van der Waals surface area (Å²) in [7, 11) is 0. The maximum absolute atomic E-state index is 5.92. The Balaban J connectivity index is 2.35. The molecule has 0 aliphatic rings. The largest absolute Gasteiger partial charge is 0.367 e. The first-order chi connectivity index (χ1) is 8.08. The Kier molecular flexibility index (Phi) is 3.52. The van der Waals surface area contributed by atoms with Crippen molar-refractivity contribution in [1.82, 2.24) is 14.6 Å². The lowest BCUT2D eigenvalue weighted by molar-refractivity contribution is 0.787. The second-order valence-corrected chi connectivity index (χ2v) is 5.24. The van der Waals surface area contributed by atoms with Crippen LogP contribution in [-0.2, 0) is 0 Å². The van der Waals surface area contributed by atoms with Gasteiger partial charge < -0.3 is 5.32 Å². The third kappa shape index (κ3) is 2.69. The van der Waals surface area contributed by atoms with Gasteiger partial charge in [0.1, 0.15) is 5.52 Å². The molecule has 0 bridgehead atoms. The molecule has 0 aliphatic carbocycles. The summed E-state index contributed by atoms with van der Waals surface area (Å²) in [6.07, 6.45) is 3.60. The molecule has 0 aliphatic heterocycles. The van der Waals surface area contributed by atoms with E-state index in [0.29, 0.717) is 12.5 Å². The fourth-order valence-electron chi connectivity index (χ4n) is 1.60. The summed E-state index contributed by atoms with van der Waals surface area (Å²) < 4.78 is 1.85. The first kappa shape index (κ1) is 12.2. The van der Waals surface area contributed by atoms with Gasteiger partial charge in [0.2, 0.25) is 0 Å². The molecule has 4 nitrogen and oxygen atoms in total. The van der Waals surface area contributed by atoms with Gasteiger partial charge in [-0.05, 0) is 18.9 Å². The average molecular weight is 253 g/mol. The second kappa shape index (κ2) is 4.92. The molecule has 2 rings (SSSR count). The fraction of sp³-hybridized carbons (Fsp3) is 0.500. The molecular formula is C12H17ClN4. The van der Waals surface area contributed by atoms with Crippen LogP contribution < -0.4 is 5.32 Å². The highest BCUT2D eigenvalue weighted by Crippen LogP contribution is 2.19. The minimum atomic E-state index is 0.0737. The summed E-state index contributed by atoms with van der Waals surface area (Å²) in [5, 5.41) is 7.81. The first-order valence-corrected chi connectivity index (χ1v) is 6.24. The van der Waals surface area contributed by atoms with Gasteiger partial charge in [-0.25, -0.2) is 9.50 Å². The van der Waals surface area contributed by atoms with E-state index >= 15 is 0 Å². The topological polar surface area (TPSA) is 42.2 Å². The standard InChI is InChI=1S/C12H17ClN4/c1-8(2)10-6-11-12(15-7-9(3)13)14-4-5-17(11)16-10/h4-6,8-9H,7H2,1-3H3,(H,14,15). The van der Waals surface area contributed by atoms with Crippen molar-refractivity contribution in [3.05, 3.63) is 24.2 Å². The quantitative estimate of drug-likeness (QED) is 0.851. The minimum absolute atomic E-state index is 0.0737. The van der Waals surface area contributed by atoms with Crippen LogP contribution in [0.25, 0.3) is 5.52 Å². The van der Waals surface area contributed by atoms with Crippen LogP contribution in [-0.4, -0.2) is 26.5 Å². The van der Waals surface area contributed by atoms with Gasteiger partial charge in [0.05, 0.1) is 5.69 Å². The van der Waals surface area contributed by atoms with Gasteiger partial charge in [0.15, 0.2) is 5.82 Å². The van der Waals surface area contributed by atoms with Crippen LogP contribution in [0.3, 0.4) is 0 Å². The van der Waals surface area contributed by atoms with E-state index in [4.69, 9.17) is 11.6 Å². The van der Waals surface area contributed by atoms with Crippen molar-refractivity contribution in [2.45, 2.75) is 32.1 Å². The molecule has 1 unspecified atom stereocenters. The molecule has 0 saturated carbocycles. The summed E-state index contributed by atoms with van der Waals surface area (Å²) in [4.78, 5) is 4.32. The molecule has 0 aromatic carbocycles. The molecule has 0 amide bonds. The van der Waals surface area contributed by atoms with Crippen molar-refractivity contribution >= 4 is 22.9 Å². The van der Waals surface area contributed by atoms with E-state index < -0.39 is 0 Å². The van der Waals surface area contributed by atoms with Crippen LogP contribution in [0.4, 0.5) is 5.82 Å². The van der Waals surface area contributed by atoms with Crippen molar-refractivity contribution in [2.75, 3.05) is 11.9 Å². The Morgan fingerprint density at radius 3 is 2.82 bits per heavy atom. The van der Waals surface area contributed by atoms with Crippen LogP contribution in [0, 0.1) is 0 Å². The molecule has 2 heterocycles. The summed E-state index contributed by atoms with van der Waals surface area (Å²) in [6.45, 7) is 6.90. The maximum atomic E-state index is 5.92. The second-order valence-electron chi connectivity index (χ2n) is 4.49. The molecule has 1 atom stereocenters. The smallest absolute Gasteiger partial charge is 0.152 e. The van der Waals surface area contributed by atoms with Gasteiger partial charge in [-0.2, -0.15) is 5.10 Å². The number of nitrogens with zero attached hydrogens (tertiary/aromatic N) is 3. The predicted molar refractivity (Wildman–Crippen MR) is 70.9 cm³/mol. The number of rotatable bonds is 4. The normalized spacial score (nSPS) is 13.2. The van der Waals surface area contributed by atoms with E-state index in [1.54, 1.807) is 6.20 Å². The number of halogens is 1. The van der Waals surface area contributed by atoms with Crippen molar-refractivity contribution in [3.8, 4) is 0 Å². The van der Waals surface area contributed by atoms with E-state index in [-0.39, 0.29) is 5.38 Å². The van der Waals surface area contributed by atoms with Gasteiger partial charge in [0, 0.05) is 24.3 Å². The van der Waals surface area contributed by atoms with E-state index in [2.05, 4.69) is 35.3 Å². The number of hydrogen-bond acceptors (Lipinski definition) is 3. The number of alkyl halides is 1. The van der Waals surface area contributed by atoms with Crippen LogP contribution in [0.5, 0.6) is 0 Å². The fourth-order valence-corrected chi connectivity index (χ4v) is 1.67. The third-order valence-corrected chi connectivity index (χ3v) is 2.71. The van der Waals surface area contributed by atoms with Crippen molar-refractivity contribution in [1.29, 1.82) is 0 Å². The Bertz CT molecular complexity index is 504. The minimum Gasteiger partial charge on any atom is -0.367 e. The lowest BCUT2D eigenvalue weighted by Gasteiger charge is -2.07. The highest BCUT2D eigenvalue weighted by atomic mass is 35.5. The highest BCUT2D eigenvalue weighted by Gasteiger charge is 2.09. The lowest BCUT2D eigenvalue weighted by atomic mass is 10.1. The van der Waals surface area contributed by atoms with Gasteiger partial charge in [-0.1, -0.05) is 13.8 Å². The van der Waals surface area contributed by atoms with Crippen LogP contribution in [0.1, 0.15) is 32.4 Å². The highest BCUT2D eigenvalue weighted by molar-refractivity contribution is 6.20. The van der Waals surface area contributed by atoms with Gasteiger partial charge in [0.25, 0.3) is 0 Å². The number of nitrogens with one attached hydrogen (secondary N) is 1. The molecule has 0 spiro atoms. The monoisotopic (exact) mass is 252 g/mol. The van der Waals surface area contributed by atoms with Crippen LogP contribution in [0.15, 0.2) is 18.5 Å². The Morgan fingerprint density at radius 1 is 1.41 bits per heavy atom. The first-order valence-electron chi connectivity index (χ1n) is 5.80. The summed E-state index contributed by atoms with van der Waals surface area (Å²) >= 11 is 5.92. The molecule has 0 saturated heterocycles. The van der Waals surface area contributed by atoms with Crippen LogP contribution >= 0.6 is 11.6 Å². The zero-order valence-electron chi connectivity index (χ0n) is 10.3. The molecule has 2 aromatic rings. The molecular weight excluding hydrogens is 236 g/mol. The van der Waals surface area contributed by atoms with E-state index in [0.717, 1.165) is 17.0 Å². The van der Waals surface area contributed by atoms with Crippen molar-refractivity contribution in [2.24, 2.45) is 0 Å². The molecule has 1 N–H and O–H groups in total. The van der Waals surface area contributed by atoms with E-state index in [9.17, 15) is 0 Å². The zero-order chi connectivity index (χ0) is 12.4. The summed E-state index contributed by atoms with van der Waals surface area (Å²) in [6, 6.07) is 2.07. The van der Waals surface area contributed by atoms with Crippen molar-refractivity contribution < 1.29 is 0 Å². The SMILES string of the molecule is CC(Cl)CNc1nccn2nc(C(C)C)cc12. The van der Waals surface area contributed by atoms with Gasteiger partial charge >= 0.3 is 0 Å². The number of fused-ring (bicyclic) bond motifs is 1. The van der Waals surface area contributed by atoms with Gasteiger partial charge in [-0.15, -0.1) is 11.6 Å². The molecule has 92 valence electrons. The average Bonchev–Trinajstić information content (AvgIpc) is 2.70. The molecule has 17 heavy (non-hydrogen) atoms. The molecule has 0 fully saturated rings. The summed E-state index contributed by atoms with van der Waals surface area (Å²) in [5.74, 6) is 1.24.